The molecule has 6 heteroatoms. The van der Waals surface area contributed by atoms with E-state index in [0.29, 0.717) is 16.6 Å². The number of hydrogen-bond acceptors (Lipinski definition) is 3. The van der Waals surface area contributed by atoms with Crippen molar-refractivity contribution < 1.29 is 15.0 Å². The summed E-state index contributed by atoms with van der Waals surface area (Å²) in [6.07, 6.45) is 0.731. The van der Waals surface area contributed by atoms with Crippen LogP contribution >= 0.6 is 23.2 Å². The van der Waals surface area contributed by atoms with Gasteiger partial charge in [-0.1, -0.05) is 53.5 Å². The van der Waals surface area contributed by atoms with Gasteiger partial charge in [0.15, 0.2) is 6.10 Å². The Morgan fingerprint density at radius 3 is 2.54 bits per heavy atom. The predicted molar refractivity (Wildman–Crippen MR) is 103 cm³/mol. The van der Waals surface area contributed by atoms with Gasteiger partial charge >= 0.3 is 5.97 Å². The summed E-state index contributed by atoms with van der Waals surface area (Å²) in [6.45, 7) is 0.448. The molecule has 0 spiro atoms. The van der Waals surface area contributed by atoms with Gasteiger partial charge < -0.3 is 15.5 Å². The molecule has 0 fully saturated rings. The Morgan fingerprint density at radius 2 is 1.85 bits per heavy atom. The summed E-state index contributed by atoms with van der Waals surface area (Å²) in [5.41, 5.74) is 3.60. The van der Waals surface area contributed by atoms with Crippen LogP contribution in [-0.4, -0.2) is 28.8 Å². The highest BCUT2D eigenvalue weighted by molar-refractivity contribution is 6.42. The van der Waals surface area contributed by atoms with Gasteiger partial charge in [0.2, 0.25) is 0 Å². The van der Waals surface area contributed by atoms with Gasteiger partial charge in [-0.05, 0) is 54.6 Å². The van der Waals surface area contributed by atoms with E-state index in [2.05, 4.69) is 17.4 Å². The molecule has 0 radical (unpaired) electrons. The van der Waals surface area contributed by atoms with Crippen molar-refractivity contribution in [2.75, 3.05) is 6.54 Å². The third kappa shape index (κ3) is 4.21. The van der Waals surface area contributed by atoms with E-state index in [1.54, 1.807) is 0 Å². The Balaban J connectivity index is 1.78. The van der Waals surface area contributed by atoms with E-state index in [1.807, 2.05) is 30.3 Å². The number of rotatable bonds is 6. The highest BCUT2D eigenvalue weighted by Gasteiger charge is 2.28. The standard InChI is InChI=1S/C20H21Cl2NO3/c21-16-7-5-12(11-17(16)22)13-6-8-18(15-4-2-1-3-14(13)15)23-10-9-19(24)20(25)26/h1-5,7,11,13,18-19,23-24H,6,8-10H2,(H,25,26)/t13-,18-,19?/m0/s1. The molecule has 1 aliphatic carbocycles. The molecule has 0 saturated heterocycles. The lowest BCUT2D eigenvalue weighted by molar-refractivity contribution is -0.146. The number of aliphatic hydroxyl groups excluding tert-OH is 1. The molecule has 26 heavy (non-hydrogen) atoms. The van der Waals surface area contributed by atoms with Gasteiger partial charge in [0.05, 0.1) is 10.0 Å². The van der Waals surface area contributed by atoms with Crippen LogP contribution in [0.4, 0.5) is 0 Å². The normalized spacial score (nSPS) is 20.4. The number of nitrogens with one attached hydrogen (secondary N) is 1. The van der Waals surface area contributed by atoms with E-state index in [4.69, 9.17) is 28.3 Å². The number of halogens is 2. The maximum Gasteiger partial charge on any atom is 0.332 e. The molecule has 3 rings (SSSR count). The van der Waals surface area contributed by atoms with Crippen molar-refractivity contribution >= 4 is 29.2 Å². The van der Waals surface area contributed by atoms with Crippen molar-refractivity contribution in [1.29, 1.82) is 0 Å². The molecule has 4 nitrogen and oxygen atoms in total. The summed E-state index contributed by atoms with van der Waals surface area (Å²) in [5.74, 6) is -0.931. The molecule has 0 saturated carbocycles. The lowest BCUT2D eigenvalue weighted by Crippen LogP contribution is -2.31. The van der Waals surface area contributed by atoms with Crippen LogP contribution in [0.1, 0.15) is 47.9 Å². The summed E-state index contributed by atoms with van der Waals surface area (Å²) in [5, 5.41) is 22.7. The lowest BCUT2D eigenvalue weighted by atomic mass is 9.77. The average molecular weight is 394 g/mol. The fraction of sp³-hybridized carbons (Fsp3) is 0.350. The monoisotopic (exact) mass is 393 g/mol. The zero-order chi connectivity index (χ0) is 18.7. The highest BCUT2D eigenvalue weighted by atomic mass is 35.5. The maximum atomic E-state index is 10.7. The minimum absolute atomic E-state index is 0.145. The van der Waals surface area contributed by atoms with Crippen LogP contribution < -0.4 is 5.32 Å². The second-order valence-corrected chi connectivity index (χ2v) is 7.40. The van der Waals surface area contributed by atoms with E-state index in [1.165, 1.54) is 11.1 Å². The van der Waals surface area contributed by atoms with Gasteiger partial charge in [0.1, 0.15) is 0 Å². The summed E-state index contributed by atoms with van der Waals surface area (Å²) >= 11 is 12.2. The van der Waals surface area contributed by atoms with Crippen molar-refractivity contribution in [3.8, 4) is 0 Å². The fourth-order valence-electron chi connectivity index (χ4n) is 3.60. The molecule has 0 heterocycles. The molecular weight excluding hydrogens is 373 g/mol. The molecule has 0 amide bonds. The van der Waals surface area contributed by atoms with Crippen LogP contribution in [0.5, 0.6) is 0 Å². The Bertz CT molecular complexity index is 796. The van der Waals surface area contributed by atoms with E-state index >= 15 is 0 Å². The van der Waals surface area contributed by atoms with Crippen LogP contribution in [0.2, 0.25) is 10.0 Å². The summed E-state index contributed by atoms with van der Waals surface area (Å²) < 4.78 is 0. The molecule has 0 aliphatic heterocycles. The van der Waals surface area contributed by atoms with Crippen molar-refractivity contribution in [2.45, 2.75) is 37.3 Å². The zero-order valence-corrected chi connectivity index (χ0v) is 15.7. The van der Waals surface area contributed by atoms with Crippen molar-refractivity contribution in [3.05, 3.63) is 69.2 Å². The lowest BCUT2D eigenvalue weighted by Gasteiger charge is -2.33. The molecule has 0 bridgehead atoms. The third-order valence-electron chi connectivity index (χ3n) is 4.93. The van der Waals surface area contributed by atoms with Crippen LogP contribution in [0, 0.1) is 0 Å². The van der Waals surface area contributed by atoms with Gasteiger partial charge in [-0.2, -0.15) is 0 Å². The van der Waals surface area contributed by atoms with Gasteiger partial charge in [0.25, 0.3) is 0 Å². The largest absolute Gasteiger partial charge is 0.479 e. The van der Waals surface area contributed by atoms with E-state index in [0.717, 1.165) is 18.4 Å². The number of carbonyl (C=O) groups is 1. The average Bonchev–Trinajstić information content (AvgIpc) is 2.64. The minimum atomic E-state index is -1.33. The second kappa shape index (κ2) is 8.40. The van der Waals surface area contributed by atoms with Crippen molar-refractivity contribution in [2.24, 2.45) is 0 Å². The molecule has 3 N–H and O–H groups in total. The molecule has 138 valence electrons. The molecule has 3 atom stereocenters. The fourth-order valence-corrected chi connectivity index (χ4v) is 3.90. The SMILES string of the molecule is O=C(O)C(O)CCN[C@H]1CC[C@@H](c2ccc(Cl)c(Cl)c2)c2ccccc21. The summed E-state index contributed by atoms with van der Waals surface area (Å²) in [6, 6.07) is 14.2. The van der Waals surface area contributed by atoms with Crippen molar-refractivity contribution in [1.82, 2.24) is 5.32 Å². The Morgan fingerprint density at radius 1 is 1.12 bits per heavy atom. The van der Waals surface area contributed by atoms with E-state index in [-0.39, 0.29) is 18.4 Å². The van der Waals surface area contributed by atoms with Crippen molar-refractivity contribution in [3.63, 3.8) is 0 Å². The first-order valence-electron chi connectivity index (χ1n) is 8.65. The van der Waals surface area contributed by atoms with Gasteiger partial charge in [-0.15, -0.1) is 0 Å². The minimum Gasteiger partial charge on any atom is -0.479 e. The van der Waals surface area contributed by atoms with E-state index < -0.39 is 12.1 Å². The number of aliphatic carboxylic acids is 1. The smallest absolute Gasteiger partial charge is 0.332 e. The summed E-state index contributed by atoms with van der Waals surface area (Å²) in [7, 11) is 0. The molecule has 2 aromatic rings. The van der Waals surface area contributed by atoms with Crippen LogP contribution in [-0.2, 0) is 4.79 Å². The molecule has 2 aromatic carbocycles. The van der Waals surface area contributed by atoms with Crippen LogP contribution in [0.3, 0.4) is 0 Å². The highest BCUT2D eigenvalue weighted by Crippen LogP contribution is 2.42. The summed E-state index contributed by atoms with van der Waals surface area (Å²) in [4.78, 5) is 10.7. The number of fused-ring (bicyclic) bond motifs is 1. The molecular formula is C20H21Cl2NO3. The maximum absolute atomic E-state index is 10.7. The number of aliphatic hydroxyl groups is 1. The molecule has 1 aliphatic rings. The first-order chi connectivity index (χ1) is 12.5. The number of benzene rings is 2. The van der Waals surface area contributed by atoms with Gasteiger partial charge in [0, 0.05) is 12.0 Å². The number of carboxylic acid groups (broad SMARTS) is 1. The first-order valence-corrected chi connectivity index (χ1v) is 9.41. The van der Waals surface area contributed by atoms with E-state index in [9.17, 15) is 9.90 Å². The van der Waals surface area contributed by atoms with Crippen LogP contribution in [0.25, 0.3) is 0 Å². The zero-order valence-electron chi connectivity index (χ0n) is 14.2. The topological polar surface area (TPSA) is 69.6 Å². The number of carboxylic acids is 1. The molecule has 1 unspecified atom stereocenters. The number of hydrogen-bond donors (Lipinski definition) is 3. The Labute approximate surface area is 162 Å². The van der Waals surface area contributed by atoms with Gasteiger partial charge in [-0.3, -0.25) is 0 Å². The molecule has 0 aromatic heterocycles. The quantitative estimate of drug-likeness (QED) is 0.680. The Hall–Kier alpha value is -1.59. The second-order valence-electron chi connectivity index (χ2n) is 6.58. The third-order valence-corrected chi connectivity index (χ3v) is 5.67. The van der Waals surface area contributed by atoms with Gasteiger partial charge in [-0.25, -0.2) is 4.79 Å². The Kier molecular flexibility index (Phi) is 6.20. The predicted octanol–water partition coefficient (Wildman–Crippen LogP) is 4.39. The van der Waals surface area contributed by atoms with Crippen LogP contribution in [0.15, 0.2) is 42.5 Å². The first kappa shape index (κ1) is 19.2.